The molecule has 1 saturated heterocycles. The standard InChI is InChI=1S/C11H14FN3O5S/c1-14(8-5-13-6-9(8)16)21(19,20)10-4-2-3-7(12)11(10)15(17)18/h2-4,8-9,13,16H,5-6H2,1H3/t8-,9-/m1/s1. The van der Waals surface area contributed by atoms with Gasteiger partial charge >= 0.3 is 5.69 Å². The van der Waals surface area contributed by atoms with Gasteiger partial charge < -0.3 is 10.4 Å². The van der Waals surface area contributed by atoms with E-state index < -0.39 is 43.5 Å². The van der Waals surface area contributed by atoms with E-state index in [9.17, 15) is 28.0 Å². The van der Waals surface area contributed by atoms with Crippen LogP contribution in [0.3, 0.4) is 0 Å². The van der Waals surface area contributed by atoms with Gasteiger partial charge in [0.1, 0.15) is 0 Å². The van der Waals surface area contributed by atoms with Crippen LogP contribution in [0.4, 0.5) is 10.1 Å². The Labute approximate surface area is 120 Å². The summed E-state index contributed by atoms with van der Waals surface area (Å²) in [5.74, 6) is -1.22. The summed E-state index contributed by atoms with van der Waals surface area (Å²) in [6.45, 7) is 0.426. The van der Waals surface area contributed by atoms with Crippen molar-refractivity contribution in [3.05, 3.63) is 34.1 Å². The van der Waals surface area contributed by atoms with E-state index in [2.05, 4.69) is 5.32 Å². The quantitative estimate of drug-likeness (QED) is 0.581. The third kappa shape index (κ3) is 2.75. The fraction of sp³-hybridized carbons (Fsp3) is 0.455. The van der Waals surface area contributed by atoms with Gasteiger partial charge in [-0.3, -0.25) is 10.1 Å². The van der Waals surface area contributed by atoms with Crippen molar-refractivity contribution in [3.8, 4) is 0 Å². The highest BCUT2D eigenvalue weighted by molar-refractivity contribution is 7.89. The molecule has 2 atom stereocenters. The van der Waals surface area contributed by atoms with Crippen LogP contribution in [0, 0.1) is 15.9 Å². The number of benzene rings is 1. The number of nitro benzene ring substituents is 1. The van der Waals surface area contributed by atoms with Crippen molar-refractivity contribution in [2.24, 2.45) is 0 Å². The van der Waals surface area contributed by atoms with Crippen LogP contribution >= 0.6 is 0 Å². The van der Waals surface area contributed by atoms with Gasteiger partial charge in [-0.1, -0.05) is 6.07 Å². The average molecular weight is 319 g/mol. The Morgan fingerprint density at radius 2 is 2.14 bits per heavy atom. The second-order valence-electron chi connectivity index (χ2n) is 4.66. The number of hydrogen-bond donors (Lipinski definition) is 2. The van der Waals surface area contributed by atoms with Crippen LogP contribution in [0.5, 0.6) is 0 Å². The molecule has 0 aromatic heterocycles. The van der Waals surface area contributed by atoms with Crippen molar-refractivity contribution >= 4 is 15.7 Å². The van der Waals surface area contributed by atoms with Crippen molar-refractivity contribution in [2.75, 3.05) is 20.1 Å². The number of rotatable bonds is 4. The summed E-state index contributed by atoms with van der Waals surface area (Å²) in [6.07, 6.45) is -0.933. The number of para-hydroxylation sites is 1. The van der Waals surface area contributed by atoms with Crippen LogP contribution < -0.4 is 5.32 Å². The molecule has 2 rings (SSSR count). The van der Waals surface area contributed by atoms with Crippen LogP contribution in [-0.2, 0) is 10.0 Å². The summed E-state index contributed by atoms with van der Waals surface area (Å²) in [7, 11) is -3.10. The Morgan fingerprint density at radius 1 is 1.48 bits per heavy atom. The molecular formula is C11H14FN3O5S. The zero-order chi connectivity index (χ0) is 15.8. The SMILES string of the molecule is CN([C@@H]1CNC[C@H]1O)S(=O)(=O)c1cccc(F)c1[N+](=O)[O-]. The Hall–Kier alpha value is -1.62. The molecule has 1 aromatic rings. The lowest BCUT2D eigenvalue weighted by atomic mass is 10.2. The van der Waals surface area contributed by atoms with E-state index in [-0.39, 0.29) is 13.1 Å². The molecule has 1 heterocycles. The molecule has 0 bridgehead atoms. The van der Waals surface area contributed by atoms with Gasteiger partial charge in [0, 0.05) is 20.1 Å². The van der Waals surface area contributed by atoms with Gasteiger partial charge in [0.15, 0.2) is 4.90 Å². The molecule has 21 heavy (non-hydrogen) atoms. The predicted molar refractivity (Wildman–Crippen MR) is 70.7 cm³/mol. The van der Waals surface area contributed by atoms with Crippen molar-refractivity contribution < 1.29 is 22.8 Å². The molecule has 0 aliphatic carbocycles. The van der Waals surface area contributed by atoms with Gasteiger partial charge in [-0.15, -0.1) is 0 Å². The summed E-state index contributed by atoms with van der Waals surface area (Å²) in [5.41, 5.74) is -1.09. The Morgan fingerprint density at radius 3 is 2.67 bits per heavy atom. The van der Waals surface area contributed by atoms with Crippen LogP contribution in [-0.4, -0.2) is 55.0 Å². The number of aliphatic hydroxyl groups is 1. The maximum absolute atomic E-state index is 13.6. The molecule has 116 valence electrons. The maximum Gasteiger partial charge on any atom is 0.324 e. The number of sulfonamides is 1. The molecule has 0 saturated carbocycles. The van der Waals surface area contributed by atoms with Crippen LogP contribution in [0.2, 0.25) is 0 Å². The minimum absolute atomic E-state index is 0.208. The summed E-state index contributed by atoms with van der Waals surface area (Å²) >= 11 is 0. The number of halogens is 1. The first kappa shape index (κ1) is 15.8. The lowest BCUT2D eigenvalue weighted by Crippen LogP contribution is -2.44. The van der Waals surface area contributed by atoms with Crippen molar-refractivity contribution in [1.29, 1.82) is 0 Å². The molecule has 8 nitrogen and oxygen atoms in total. The first-order valence-corrected chi connectivity index (χ1v) is 7.50. The van der Waals surface area contributed by atoms with Gasteiger partial charge in [-0.2, -0.15) is 8.70 Å². The lowest BCUT2D eigenvalue weighted by molar-refractivity contribution is -0.390. The van der Waals surface area contributed by atoms with Crippen molar-refractivity contribution in [3.63, 3.8) is 0 Å². The van der Waals surface area contributed by atoms with E-state index in [4.69, 9.17) is 0 Å². The number of nitrogens with zero attached hydrogens (tertiary/aromatic N) is 2. The number of likely N-dealkylation sites (N-methyl/N-ethyl adjacent to an activating group) is 1. The molecule has 10 heteroatoms. The first-order valence-electron chi connectivity index (χ1n) is 6.06. The van der Waals surface area contributed by atoms with Crippen LogP contribution in [0.25, 0.3) is 0 Å². The molecule has 2 N–H and O–H groups in total. The molecule has 0 unspecified atom stereocenters. The van der Waals surface area contributed by atoms with E-state index in [1.165, 1.54) is 7.05 Å². The third-order valence-electron chi connectivity index (χ3n) is 3.41. The van der Waals surface area contributed by atoms with Gasteiger partial charge in [0.05, 0.1) is 17.1 Å². The fourth-order valence-electron chi connectivity index (χ4n) is 2.24. The molecule has 0 radical (unpaired) electrons. The highest BCUT2D eigenvalue weighted by atomic mass is 32.2. The Balaban J connectivity index is 2.49. The average Bonchev–Trinajstić information content (AvgIpc) is 2.83. The van der Waals surface area contributed by atoms with Gasteiger partial charge in [0.25, 0.3) is 0 Å². The van der Waals surface area contributed by atoms with Gasteiger partial charge in [-0.25, -0.2) is 8.42 Å². The minimum Gasteiger partial charge on any atom is -0.390 e. The normalized spacial score (nSPS) is 22.7. The fourth-order valence-corrected chi connectivity index (χ4v) is 3.79. The highest BCUT2D eigenvalue weighted by Crippen LogP contribution is 2.30. The van der Waals surface area contributed by atoms with E-state index in [1.54, 1.807) is 0 Å². The third-order valence-corrected chi connectivity index (χ3v) is 5.32. The highest BCUT2D eigenvalue weighted by Gasteiger charge is 2.39. The zero-order valence-corrected chi connectivity index (χ0v) is 11.9. The van der Waals surface area contributed by atoms with Crippen molar-refractivity contribution in [2.45, 2.75) is 17.0 Å². The number of β-amino-alcohol motifs (C(OH)–C–C–N with tert-alkyl or cyclic N) is 1. The minimum atomic E-state index is -4.30. The maximum atomic E-state index is 13.6. The van der Waals surface area contributed by atoms with E-state index >= 15 is 0 Å². The molecule has 1 aliphatic heterocycles. The van der Waals surface area contributed by atoms with E-state index in [0.29, 0.717) is 0 Å². The van der Waals surface area contributed by atoms with Gasteiger partial charge in [-0.05, 0) is 12.1 Å². The van der Waals surface area contributed by atoms with E-state index in [1.807, 2.05) is 0 Å². The molecule has 1 fully saturated rings. The number of nitro groups is 1. The smallest absolute Gasteiger partial charge is 0.324 e. The summed E-state index contributed by atoms with van der Waals surface area (Å²) < 4.78 is 39.3. The summed E-state index contributed by atoms with van der Waals surface area (Å²) in [4.78, 5) is 9.12. The monoisotopic (exact) mass is 319 g/mol. The molecule has 1 aliphatic rings. The second kappa shape index (κ2) is 5.64. The number of aliphatic hydroxyl groups excluding tert-OH is 1. The van der Waals surface area contributed by atoms with Crippen LogP contribution in [0.15, 0.2) is 23.1 Å². The largest absolute Gasteiger partial charge is 0.390 e. The molecule has 1 aromatic carbocycles. The van der Waals surface area contributed by atoms with Crippen LogP contribution in [0.1, 0.15) is 0 Å². The topological polar surface area (TPSA) is 113 Å². The second-order valence-corrected chi connectivity index (χ2v) is 6.62. The number of hydrogen-bond acceptors (Lipinski definition) is 6. The zero-order valence-electron chi connectivity index (χ0n) is 11.1. The number of nitrogens with one attached hydrogen (secondary N) is 1. The predicted octanol–water partition coefficient (Wildman–Crippen LogP) is -0.313. The van der Waals surface area contributed by atoms with E-state index in [0.717, 1.165) is 22.5 Å². The lowest BCUT2D eigenvalue weighted by Gasteiger charge is -2.25. The first-order chi connectivity index (χ1) is 9.76. The molecular weight excluding hydrogens is 305 g/mol. The molecule has 0 amide bonds. The summed E-state index contributed by atoms with van der Waals surface area (Å²) in [5, 5.41) is 23.5. The Bertz CT molecular complexity index is 666. The van der Waals surface area contributed by atoms with Gasteiger partial charge in [0.2, 0.25) is 15.8 Å². The Kier molecular flexibility index (Phi) is 4.23. The summed E-state index contributed by atoms with van der Waals surface area (Å²) in [6, 6.07) is 2.12. The molecule has 0 spiro atoms. The van der Waals surface area contributed by atoms with Crippen molar-refractivity contribution in [1.82, 2.24) is 9.62 Å².